The van der Waals surface area contributed by atoms with Gasteiger partial charge in [0, 0.05) is 18.9 Å². The first-order valence-electron chi connectivity index (χ1n) is 9.72. The molecule has 0 radical (unpaired) electrons. The maximum absolute atomic E-state index is 12.6. The maximum Gasteiger partial charge on any atom is 0.244 e. The Morgan fingerprint density at radius 2 is 1.83 bits per heavy atom. The lowest BCUT2D eigenvalue weighted by atomic mass is 10.2. The van der Waals surface area contributed by atoms with E-state index < -0.39 is 0 Å². The number of anilines is 1. The van der Waals surface area contributed by atoms with E-state index in [1.165, 1.54) is 0 Å². The highest BCUT2D eigenvalue weighted by atomic mass is 35.5. The van der Waals surface area contributed by atoms with E-state index in [4.69, 9.17) is 11.6 Å². The van der Waals surface area contributed by atoms with Crippen LogP contribution < -0.4 is 10.6 Å². The van der Waals surface area contributed by atoms with Gasteiger partial charge in [0.05, 0.1) is 21.7 Å². The van der Waals surface area contributed by atoms with E-state index in [1.54, 1.807) is 12.1 Å². The Morgan fingerprint density at radius 1 is 1.10 bits per heavy atom. The molecule has 29 heavy (non-hydrogen) atoms. The van der Waals surface area contributed by atoms with Crippen LogP contribution in [-0.2, 0) is 22.6 Å². The summed E-state index contributed by atoms with van der Waals surface area (Å²) in [6.07, 6.45) is 1.40. The fourth-order valence-corrected chi connectivity index (χ4v) is 3.23. The molecule has 6 nitrogen and oxygen atoms in total. The summed E-state index contributed by atoms with van der Waals surface area (Å²) < 4.78 is 1.92. The number of rotatable bonds is 8. The van der Waals surface area contributed by atoms with E-state index in [0.717, 1.165) is 23.3 Å². The summed E-state index contributed by atoms with van der Waals surface area (Å²) in [5.41, 5.74) is 2.34. The van der Waals surface area contributed by atoms with E-state index in [-0.39, 0.29) is 24.3 Å². The number of carbonyl (C=O) groups is 2. The Bertz CT molecular complexity index is 1010. The van der Waals surface area contributed by atoms with Crippen molar-refractivity contribution in [2.24, 2.45) is 5.92 Å². The van der Waals surface area contributed by atoms with Crippen LogP contribution in [-0.4, -0.2) is 27.9 Å². The summed E-state index contributed by atoms with van der Waals surface area (Å²) in [5, 5.41) is 6.27. The number of nitrogens with one attached hydrogen (secondary N) is 2. The number of hydrogen-bond donors (Lipinski definition) is 2. The molecule has 3 rings (SSSR count). The predicted octanol–water partition coefficient (Wildman–Crippen LogP) is 4.03. The molecule has 1 aromatic heterocycles. The van der Waals surface area contributed by atoms with Crippen LogP contribution >= 0.6 is 11.6 Å². The van der Waals surface area contributed by atoms with Gasteiger partial charge in [-0.1, -0.05) is 49.7 Å². The first kappa shape index (κ1) is 20.9. The zero-order valence-electron chi connectivity index (χ0n) is 16.6. The van der Waals surface area contributed by atoms with Gasteiger partial charge in [-0.25, -0.2) is 4.98 Å². The monoisotopic (exact) mass is 412 g/mol. The number of aromatic nitrogens is 2. The van der Waals surface area contributed by atoms with E-state index in [1.807, 2.05) is 54.8 Å². The first-order valence-corrected chi connectivity index (χ1v) is 10.1. The Hall–Kier alpha value is -2.86. The van der Waals surface area contributed by atoms with Gasteiger partial charge >= 0.3 is 0 Å². The number of aryl methyl sites for hydroxylation is 1. The van der Waals surface area contributed by atoms with E-state index in [2.05, 4.69) is 15.6 Å². The summed E-state index contributed by atoms with van der Waals surface area (Å²) >= 11 is 6.14. The molecule has 152 valence electrons. The molecule has 0 spiro atoms. The highest BCUT2D eigenvalue weighted by Crippen LogP contribution is 2.21. The summed E-state index contributed by atoms with van der Waals surface area (Å²) in [5.74, 6) is 0.653. The van der Waals surface area contributed by atoms with Crippen molar-refractivity contribution in [2.45, 2.75) is 33.2 Å². The average molecular weight is 413 g/mol. The molecular formula is C22H25ClN4O2. The molecule has 2 N–H and O–H groups in total. The molecular weight excluding hydrogens is 388 g/mol. The quantitative estimate of drug-likeness (QED) is 0.548. The molecule has 0 aliphatic carbocycles. The van der Waals surface area contributed by atoms with Crippen molar-refractivity contribution in [2.75, 3.05) is 11.9 Å². The smallest absolute Gasteiger partial charge is 0.244 e. The molecule has 0 saturated heterocycles. The second kappa shape index (κ2) is 9.56. The van der Waals surface area contributed by atoms with Gasteiger partial charge in [-0.2, -0.15) is 0 Å². The Kier molecular flexibility index (Phi) is 6.88. The lowest BCUT2D eigenvalue weighted by molar-refractivity contribution is -0.124. The number of imidazole rings is 1. The number of para-hydroxylation sites is 3. The maximum atomic E-state index is 12.6. The van der Waals surface area contributed by atoms with Crippen LogP contribution in [0.25, 0.3) is 11.0 Å². The lowest BCUT2D eigenvalue weighted by Crippen LogP contribution is -2.29. The largest absolute Gasteiger partial charge is 0.356 e. The van der Waals surface area contributed by atoms with Gasteiger partial charge in [0.15, 0.2) is 0 Å². The minimum atomic E-state index is -0.171. The van der Waals surface area contributed by atoms with E-state index >= 15 is 0 Å². The van der Waals surface area contributed by atoms with Gasteiger partial charge in [0.1, 0.15) is 12.4 Å². The standard InChI is InChI=1S/C22H25ClN4O2/c1-15(2)22(29)24-13-7-12-20-25-18-10-5-6-11-19(18)27(20)14-21(28)26-17-9-4-3-8-16(17)23/h3-6,8-11,15H,7,12-14H2,1-2H3,(H,24,29)(H,26,28). The number of carbonyl (C=O) groups excluding carboxylic acids is 2. The molecule has 1 heterocycles. The van der Waals surface area contributed by atoms with E-state index in [9.17, 15) is 9.59 Å². The van der Waals surface area contributed by atoms with Gasteiger partial charge in [0.2, 0.25) is 11.8 Å². The van der Waals surface area contributed by atoms with Crippen LogP contribution in [0, 0.1) is 5.92 Å². The van der Waals surface area contributed by atoms with Crippen LogP contribution in [0.4, 0.5) is 5.69 Å². The number of fused-ring (bicyclic) bond motifs is 1. The SMILES string of the molecule is CC(C)C(=O)NCCCc1nc2ccccc2n1CC(=O)Nc1ccccc1Cl. The predicted molar refractivity (Wildman–Crippen MR) is 116 cm³/mol. The topological polar surface area (TPSA) is 76.0 Å². The van der Waals surface area contributed by atoms with Crippen molar-refractivity contribution in [3.8, 4) is 0 Å². The van der Waals surface area contributed by atoms with Crippen molar-refractivity contribution >= 4 is 40.1 Å². The molecule has 0 unspecified atom stereocenters. The Labute approximate surface area is 175 Å². The molecule has 2 amide bonds. The number of amides is 2. The second-order valence-electron chi connectivity index (χ2n) is 7.18. The van der Waals surface area contributed by atoms with Crippen LogP contribution in [0.5, 0.6) is 0 Å². The van der Waals surface area contributed by atoms with Crippen LogP contribution in [0.3, 0.4) is 0 Å². The average Bonchev–Trinajstić information content (AvgIpc) is 3.04. The molecule has 0 bridgehead atoms. The fraction of sp³-hybridized carbons (Fsp3) is 0.318. The number of benzene rings is 2. The molecule has 3 aromatic rings. The van der Waals surface area contributed by atoms with Crippen molar-refractivity contribution < 1.29 is 9.59 Å². The van der Waals surface area contributed by atoms with Gasteiger partial charge in [-0.05, 0) is 30.7 Å². The van der Waals surface area contributed by atoms with Crippen molar-refractivity contribution in [3.63, 3.8) is 0 Å². The molecule has 0 saturated carbocycles. The van der Waals surface area contributed by atoms with Crippen molar-refractivity contribution in [1.29, 1.82) is 0 Å². The lowest BCUT2D eigenvalue weighted by Gasteiger charge is -2.11. The third-order valence-electron chi connectivity index (χ3n) is 4.58. The third kappa shape index (κ3) is 5.35. The van der Waals surface area contributed by atoms with Crippen molar-refractivity contribution in [1.82, 2.24) is 14.9 Å². The highest BCUT2D eigenvalue weighted by molar-refractivity contribution is 6.33. The van der Waals surface area contributed by atoms with E-state index in [0.29, 0.717) is 23.7 Å². The van der Waals surface area contributed by atoms with Gasteiger partial charge < -0.3 is 15.2 Å². The zero-order chi connectivity index (χ0) is 20.8. The van der Waals surface area contributed by atoms with Crippen LogP contribution in [0.1, 0.15) is 26.1 Å². The minimum Gasteiger partial charge on any atom is -0.356 e. The first-order chi connectivity index (χ1) is 14.0. The Morgan fingerprint density at radius 3 is 2.59 bits per heavy atom. The third-order valence-corrected chi connectivity index (χ3v) is 4.91. The summed E-state index contributed by atoms with van der Waals surface area (Å²) in [6, 6.07) is 14.9. The summed E-state index contributed by atoms with van der Waals surface area (Å²) in [7, 11) is 0. The second-order valence-corrected chi connectivity index (χ2v) is 7.59. The molecule has 2 aromatic carbocycles. The van der Waals surface area contributed by atoms with Gasteiger partial charge in [-0.3, -0.25) is 9.59 Å². The molecule has 7 heteroatoms. The van der Waals surface area contributed by atoms with Gasteiger partial charge in [-0.15, -0.1) is 0 Å². The molecule has 0 fully saturated rings. The minimum absolute atomic E-state index is 0.0342. The van der Waals surface area contributed by atoms with Crippen LogP contribution in [0.2, 0.25) is 5.02 Å². The normalized spacial score (nSPS) is 11.0. The number of hydrogen-bond acceptors (Lipinski definition) is 3. The Balaban J connectivity index is 1.72. The highest BCUT2D eigenvalue weighted by Gasteiger charge is 2.14. The summed E-state index contributed by atoms with van der Waals surface area (Å²) in [4.78, 5) is 29.0. The zero-order valence-corrected chi connectivity index (χ0v) is 17.4. The summed E-state index contributed by atoms with van der Waals surface area (Å²) in [6.45, 7) is 4.45. The number of nitrogens with zero attached hydrogens (tertiary/aromatic N) is 2. The van der Waals surface area contributed by atoms with Gasteiger partial charge in [0.25, 0.3) is 0 Å². The molecule has 0 aliphatic rings. The molecule has 0 aliphatic heterocycles. The fourth-order valence-electron chi connectivity index (χ4n) is 3.05. The molecule has 0 atom stereocenters. The van der Waals surface area contributed by atoms with Crippen molar-refractivity contribution in [3.05, 3.63) is 59.4 Å². The number of halogens is 1. The van der Waals surface area contributed by atoms with Crippen LogP contribution in [0.15, 0.2) is 48.5 Å².